The molecule has 4 nitrogen and oxygen atoms in total. The molecule has 0 aromatic carbocycles. The molecule has 1 aliphatic carbocycles. The van der Waals surface area contributed by atoms with Crippen LogP contribution in [0.25, 0.3) is 0 Å². The highest BCUT2D eigenvalue weighted by molar-refractivity contribution is 7.54. The highest BCUT2D eigenvalue weighted by Crippen LogP contribution is 2.52. The zero-order valence-electron chi connectivity index (χ0n) is 10.5. The van der Waals surface area contributed by atoms with Gasteiger partial charge in [-0.05, 0) is 18.8 Å². The lowest BCUT2D eigenvalue weighted by molar-refractivity contribution is 0.126. The summed E-state index contributed by atoms with van der Waals surface area (Å²) in [5, 5.41) is 3.24. The number of alkyl halides is 2. The maximum absolute atomic E-state index is 12.8. The van der Waals surface area contributed by atoms with Crippen LogP contribution in [-0.4, -0.2) is 42.2 Å². The molecule has 2 rings (SSSR count). The van der Waals surface area contributed by atoms with E-state index in [0.29, 0.717) is 43.4 Å². The minimum atomic E-state index is -2.93. The molecule has 1 heterocycles. The maximum Gasteiger partial charge on any atom is 0.343 e. The molecule has 1 unspecified atom stereocenters. The first kappa shape index (κ1) is 15.1. The van der Waals surface area contributed by atoms with Crippen molar-refractivity contribution >= 4 is 30.9 Å². The van der Waals surface area contributed by atoms with E-state index in [-0.39, 0.29) is 0 Å². The summed E-state index contributed by atoms with van der Waals surface area (Å²) in [4.78, 5) is 0. The van der Waals surface area contributed by atoms with Gasteiger partial charge in [-0.3, -0.25) is 4.57 Å². The van der Waals surface area contributed by atoms with Gasteiger partial charge in [0, 0.05) is 30.9 Å². The second-order valence-electron chi connectivity index (χ2n) is 4.93. The molecule has 106 valence electrons. The van der Waals surface area contributed by atoms with Crippen LogP contribution < -0.4 is 5.09 Å². The maximum atomic E-state index is 12.8. The summed E-state index contributed by atoms with van der Waals surface area (Å²) < 4.78 is 20.3. The molecule has 18 heavy (non-hydrogen) atoms. The summed E-state index contributed by atoms with van der Waals surface area (Å²) in [6.45, 7) is 1.67. The lowest BCUT2D eigenvalue weighted by Crippen LogP contribution is -2.47. The van der Waals surface area contributed by atoms with Crippen LogP contribution in [0.15, 0.2) is 0 Å². The van der Waals surface area contributed by atoms with Gasteiger partial charge in [-0.1, -0.05) is 12.8 Å². The standard InChI is InChI=1S/C11H21Cl2N2O2P/c12-5-7-15(8-6-13)18(16)14-11-4-2-1-3-10(11)9-17-18/h10-11H,1-9H2,(H,14,16)/t10-,11+,18?/m1/s1. The van der Waals surface area contributed by atoms with Crippen LogP contribution in [0, 0.1) is 5.92 Å². The van der Waals surface area contributed by atoms with Gasteiger partial charge in [0.1, 0.15) is 0 Å². The fraction of sp³-hybridized carbons (Fsp3) is 1.00. The molecule has 1 saturated heterocycles. The summed E-state index contributed by atoms with van der Waals surface area (Å²) in [6.07, 6.45) is 4.72. The predicted octanol–water partition coefficient (Wildman–Crippen LogP) is 3.05. The summed E-state index contributed by atoms with van der Waals surface area (Å²) in [5.41, 5.74) is 0. The summed E-state index contributed by atoms with van der Waals surface area (Å²) >= 11 is 11.5. The van der Waals surface area contributed by atoms with Crippen molar-refractivity contribution in [2.24, 2.45) is 5.92 Å². The molecule has 2 aliphatic rings. The minimum absolute atomic E-state index is 0.325. The first-order valence-electron chi connectivity index (χ1n) is 6.59. The lowest BCUT2D eigenvalue weighted by atomic mass is 9.86. The Bertz CT molecular complexity index is 313. The molecule has 0 aromatic heterocycles. The summed E-state index contributed by atoms with van der Waals surface area (Å²) in [7, 11) is -2.93. The number of hydrogen-bond acceptors (Lipinski definition) is 2. The highest BCUT2D eigenvalue weighted by atomic mass is 35.5. The third-order valence-corrected chi connectivity index (χ3v) is 6.40. The minimum Gasteiger partial charge on any atom is -0.306 e. The molecule has 7 heteroatoms. The van der Waals surface area contributed by atoms with Crippen LogP contribution in [0.3, 0.4) is 0 Å². The second kappa shape index (κ2) is 6.92. The number of nitrogens with zero attached hydrogens (tertiary/aromatic N) is 1. The molecule has 0 amide bonds. The first-order valence-corrected chi connectivity index (χ1v) is 9.24. The zero-order chi connectivity index (χ0) is 13.0. The Hall–Kier alpha value is 0.690. The number of rotatable bonds is 5. The topological polar surface area (TPSA) is 41.6 Å². The molecule has 1 saturated carbocycles. The van der Waals surface area contributed by atoms with Gasteiger partial charge in [-0.25, -0.2) is 9.76 Å². The molecular weight excluding hydrogens is 294 g/mol. The van der Waals surface area contributed by atoms with E-state index in [1.165, 1.54) is 19.3 Å². The summed E-state index contributed by atoms with van der Waals surface area (Å²) in [5.74, 6) is 1.37. The van der Waals surface area contributed by atoms with Gasteiger partial charge in [-0.2, -0.15) is 0 Å². The molecule has 1 aliphatic heterocycles. The predicted molar refractivity (Wildman–Crippen MR) is 75.5 cm³/mol. The largest absolute Gasteiger partial charge is 0.343 e. The molecule has 0 bridgehead atoms. The number of halogens is 2. The fourth-order valence-corrected chi connectivity index (χ4v) is 5.68. The van der Waals surface area contributed by atoms with E-state index in [1.54, 1.807) is 4.67 Å². The van der Waals surface area contributed by atoms with Crippen molar-refractivity contribution in [3.8, 4) is 0 Å². The lowest BCUT2D eigenvalue weighted by Gasteiger charge is -2.43. The Morgan fingerprint density at radius 3 is 2.56 bits per heavy atom. The number of fused-ring (bicyclic) bond motifs is 1. The van der Waals surface area contributed by atoms with E-state index in [0.717, 1.165) is 6.42 Å². The van der Waals surface area contributed by atoms with Gasteiger partial charge in [0.25, 0.3) is 0 Å². The van der Waals surface area contributed by atoms with Crippen LogP contribution in [-0.2, 0) is 9.09 Å². The van der Waals surface area contributed by atoms with Gasteiger partial charge in [-0.15, -0.1) is 23.2 Å². The van der Waals surface area contributed by atoms with Crippen molar-refractivity contribution < 1.29 is 9.09 Å². The molecule has 0 aromatic rings. The van der Waals surface area contributed by atoms with Crippen molar-refractivity contribution in [2.75, 3.05) is 31.5 Å². The van der Waals surface area contributed by atoms with E-state index < -0.39 is 7.67 Å². The Balaban J connectivity index is 2.03. The van der Waals surface area contributed by atoms with Crippen molar-refractivity contribution in [2.45, 2.75) is 31.7 Å². The average molecular weight is 315 g/mol. The molecule has 3 atom stereocenters. The van der Waals surface area contributed by atoms with Crippen molar-refractivity contribution in [3.63, 3.8) is 0 Å². The van der Waals surface area contributed by atoms with Gasteiger partial charge >= 0.3 is 7.67 Å². The number of nitrogens with one attached hydrogen (secondary N) is 1. The Morgan fingerprint density at radius 2 is 1.89 bits per heavy atom. The van der Waals surface area contributed by atoms with Gasteiger partial charge in [0.05, 0.1) is 6.61 Å². The highest BCUT2D eigenvalue weighted by Gasteiger charge is 2.42. The van der Waals surface area contributed by atoms with E-state index in [2.05, 4.69) is 5.09 Å². The SMILES string of the molecule is O=P1(N(CCCl)CCCl)N[C@H]2CCCC[C@@H]2CO1. The second-order valence-corrected chi connectivity index (χ2v) is 7.81. The zero-order valence-corrected chi connectivity index (χ0v) is 12.9. The third-order valence-electron chi connectivity index (χ3n) is 3.76. The van der Waals surface area contributed by atoms with Crippen LogP contribution in [0.1, 0.15) is 25.7 Å². The molecule has 0 radical (unpaired) electrons. The normalized spacial score (nSPS) is 36.6. The Labute approximate surface area is 119 Å². The fourth-order valence-electron chi connectivity index (χ4n) is 2.75. The Morgan fingerprint density at radius 1 is 1.22 bits per heavy atom. The molecule has 1 N–H and O–H groups in total. The quantitative estimate of drug-likeness (QED) is 0.625. The van der Waals surface area contributed by atoms with Crippen LogP contribution in [0.5, 0.6) is 0 Å². The van der Waals surface area contributed by atoms with E-state index in [1.807, 2.05) is 0 Å². The van der Waals surface area contributed by atoms with Gasteiger partial charge < -0.3 is 4.52 Å². The van der Waals surface area contributed by atoms with E-state index in [4.69, 9.17) is 27.7 Å². The van der Waals surface area contributed by atoms with Crippen molar-refractivity contribution in [1.29, 1.82) is 0 Å². The average Bonchev–Trinajstić information content (AvgIpc) is 2.38. The van der Waals surface area contributed by atoms with Gasteiger partial charge in [0.15, 0.2) is 0 Å². The third kappa shape index (κ3) is 3.41. The van der Waals surface area contributed by atoms with Crippen LogP contribution in [0.2, 0.25) is 0 Å². The number of hydrogen-bond donors (Lipinski definition) is 1. The van der Waals surface area contributed by atoms with Crippen molar-refractivity contribution in [1.82, 2.24) is 9.76 Å². The molecule has 0 spiro atoms. The Kier molecular flexibility index (Phi) is 5.80. The monoisotopic (exact) mass is 314 g/mol. The van der Waals surface area contributed by atoms with Crippen LogP contribution >= 0.6 is 30.9 Å². The smallest absolute Gasteiger partial charge is 0.306 e. The molecule has 2 fully saturated rings. The first-order chi connectivity index (χ1) is 8.69. The van der Waals surface area contributed by atoms with Crippen molar-refractivity contribution in [3.05, 3.63) is 0 Å². The molecular formula is C11H21Cl2N2O2P. The summed E-state index contributed by atoms with van der Waals surface area (Å²) in [6, 6.07) is 0.325. The van der Waals surface area contributed by atoms with E-state index >= 15 is 0 Å². The van der Waals surface area contributed by atoms with Gasteiger partial charge in [0.2, 0.25) is 0 Å². The van der Waals surface area contributed by atoms with E-state index in [9.17, 15) is 4.57 Å². The van der Waals surface area contributed by atoms with Crippen LogP contribution in [0.4, 0.5) is 0 Å².